The number of aromatic nitrogens is 2. The molecule has 4 rings (SSSR count). The molecular weight excluding hydrogens is 358 g/mol. The van der Waals surface area contributed by atoms with Crippen molar-refractivity contribution < 1.29 is 0 Å². The van der Waals surface area contributed by atoms with Gasteiger partial charge in [0.1, 0.15) is 5.82 Å². The van der Waals surface area contributed by atoms with Gasteiger partial charge in [-0.25, -0.2) is 20.0 Å². The maximum absolute atomic E-state index is 6.41. The van der Waals surface area contributed by atoms with Crippen molar-refractivity contribution in [3.05, 3.63) is 40.5 Å². The number of nitrogens with zero attached hydrogens (tertiary/aromatic N) is 4. The van der Waals surface area contributed by atoms with Gasteiger partial charge in [-0.15, -0.1) is 0 Å². The lowest BCUT2D eigenvalue weighted by molar-refractivity contribution is 0.709. The monoisotopic (exact) mass is 381 g/mol. The molecule has 1 unspecified atom stereocenters. The molecule has 1 aromatic heterocycles. The topological polar surface area (TPSA) is 62.5 Å². The molecule has 2 aromatic rings. The number of aryl methyl sites for hydroxylation is 1. The van der Waals surface area contributed by atoms with Gasteiger partial charge in [-0.3, -0.25) is 0 Å². The SMILES string of the molecule is CCC1N=C(Nc2nc(-c3ccccc3Cl)nc3c2CCCCC3)N=C1C. The van der Waals surface area contributed by atoms with Gasteiger partial charge in [-0.2, -0.15) is 0 Å². The molecule has 5 nitrogen and oxygen atoms in total. The van der Waals surface area contributed by atoms with E-state index < -0.39 is 0 Å². The molecule has 0 radical (unpaired) electrons. The van der Waals surface area contributed by atoms with Crippen LogP contribution in [0.2, 0.25) is 5.02 Å². The van der Waals surface area contributed by atoms with Gasteiger partial charge in [-0.1, -0.05) is 37.1 Å². The molecule has 0 fully saturated rings. The largest absolute Gasteiger partial charge is 0.309 e. The Balaban J connectivity index is 1.78. The molecule has 0 amide bonds. The van der Waals surface area contributed by atoms with Gasteiger partial charge in [0, 0.05) is 22.5 Å². The van der Waals surface area contributed by atoms with Gasteiger partial charge in [0.05, 0.1) is 11.1 Å². The van der Waals surface area contributed by atoms with Crippen LogP contribution in [0.1, 0.15) is 50.8 Å². The maximum Gasteiger partial charge on any atom is 0.224 e. The number of fused-ring (bicyclic) bond motifs is 1. The molecule has 1 aliphatic carbocycles. The van der Waals surface area contributed by atoms with Crippen molar-refractivity contribution in [1.29, 1.82) is 0 Å². The van der Waals surface area contributed by atoms with Crippen LogP contribution >= 0.6 is 11.6 Å². The molecular formula is C21H24ClN5. The van der Waals surface area contributed by atoms with Gasteiger partial charge >= 0.3 is 0 Å². The zero-order valence-corrected chi connectivity index (χ0v) is 16.6. The normalized spacial score (nSPS) is 19.1. The van der Waals surface area contributed by atoms with E-state index in [-0.39, 0.29) is 6.04 Å². The van der Waals surface area contributed by atoms with Crippen LogP contribution in [-0.4, -0.2) is 27.7 Å². The summed E-state index contributed by atoms with van der Waals surface area (Å²) in [7, 11) is 0. The predicted molar refractivity (Wildman–Crippen MR) is 112 cm³/mol. The van der Waals surface area contributed by atoms with Crippen LogP contribution < -0.4 is 5.32 Å². The van der Waals surface area contributed by atoms with Crippen LogP contribution in [-0.2, 0) is 12.8 Å². The van der Waals surface area contributed by atoms with Gasteiger partial charge < -0.3 is 5.32 Å². The summed E-state index contributed by atoms with van der Waals surface area (Å²) >= 11 is 6.41. The molecule has 1 aromatic carbocycles. The van der Waals surface area contributed by atoms with E-state index in [0.29, 0.717) is 16.8 Å². The molecule has 6 heteroatoms. The molecule has 0 spiro atoms. The number of nitrogens with one attached hydrogen (secondary N) is 1. The van der Waals surface area contributed by atoms with Gasteiger partial charge in [0.2, 0.25) is 5.96 Å². The summed E-state index contributed by atoms with van der Waals surface area (Å²) in [5.74, 6) is 2.13. The summed E-state index contributed by atoms with van der Waals surface area (Å²) in [6, 6.07) is 7.89. The van der Waals surface area contributed by atoms with E-state index in [1.54, 1.807) is 0 Å². The number of hydrogen-bond acceptors (Lipinski definition) is 5. The van der Waals surface area contributed by atoms with Gasteiger partial charge in [-0.05, 0) is 51.2 Å². The highest BCUT2D eigenvalue weighted by atomic mass is 35.5. The molecule has 1 N–H and O–H groups in total. The molecule has 2 heterocycles. The van der Waals surface area contributed by atoms with Gasteiger partial charge in [0.25, 0.3) is 0 Å². The summed E-state index contributed by atoms with van der Waals surface area (Å²) in [4.78, 5) is 19.0. The Morgan fingerprint density at radius 2 is 1.93 bits per heavy atom. The number of hydrogen-bond donors (Lipinski definition) is 1. The van der Waals surface area contributed by atoms with Crippen molar-refractivity contribution >= 4 is 29.1 Å². The van der Waals surface area contributed by atoms with Crippen molar-refractivity contribution in [3.8, 4) is 11.4 Å². The minimum atomic E-state index is 0.163. The summed E-state index contributed by atoms with van der Waals surface area (Å²) < 4.78 is 0. The maximum atomic E-state index is 6.41. The molecule has 0 saturated carbocycles. The summed E-state index contributed by atoms with van der Waals surface area (Å²) in [6.07, 6.45) is 6.43. The Morgan fingerprint density at radius 1 is 1.11 bits per heavy atom. The van der Waals surface area contributed by atoms with Crippen molar-refractivity contribution in [2.75, 3.05) is 5.32 Å². The van der Waals surface area contributed by atoms with Crippen molar-refractivity contribution in [3.63, 3.8) is 0 Å². The molecule has 0 saturated heterocycles. The fourth-order valence-electron chi connectivity index (χ4n) is 3.70. The van der Waals surface area contributed by atoms with E-state index in [1.807, 2.05) is 31.2 Å². The molecule has 0 bridgehead atoms. The number of anilines is 1. The van der Waals surface area contributed by atoms with E-state index in [2.05, 4.69) is 17.2 Å². The smallest absolute Gasteiger partial charge is 0.224 e. The van der Waals surface area contributed by atoms with E-state index in [0.717, 1.165) is 54.9 Å². The summed E-state index contributed by atoms with van der Waals surface area (Å²) in [5.41, 5.74) is 4.21. The Hall–Kier alpha value is -2.27. The fraction of sp³-hybridized carbons (Fsp3) is 0.429. The quantitative estimate of drug-likeness (QED) is 0.753. The number of guanidine groups is 1. The number of halogens is 1. The lowest BCUT2D eigenvalue weighted by atomic mass is 10.1. The Morgan fingerprint density at radius 3 is 2.70 bits per heavy atom. The minimum Gasteiger partial charge on any atom is -0.309 e. The number of rotatable bonds is 3. The molecule has 2 aliphatic rings. The first kappa shape index (κ1) is 18.1. The fourth-order valence-corrected chi connectivity index (χ4v) is 3.92. The third-order valence-electron chi connectivity index (χ3n) is 5.21. The third-order valence-corrected chi connectivity index (χ3v) is 5.54. The van der Waals surface area contributed by atoms with E-state index in [9.17, 15) is 0 Å². The van der Waals surface area contributed by atoms with Crippen LogP contribution in [0.25, 0.3) is 11.4 Å². The predicted octanol–water partition coefficient (Wildman–Crippen LogP) is 5.09. The average molecular weight is 382 g/mol. The van der Waals surface area contributed by atoms with E-state index in [1.165, 1.54) is 12.0 Å². The number of benzene rings is 1. The Kier molecular flexibility index (Phi) is 5.21. The summed E-state index contributed by atoms with van der Waals surface area (Å²) in [5, 5.41) is 4.05. The lowest BCUT2D eigenvalue weighted by Crippen LogP contribution is -2.14. The van der Waals surface area contributed by atoms with E-state index in [4.69, 9.17) is 26.6 Å². The highest BCUT2D eigenvalue weighted by Crippen LogP contribution is 2.31. The Bertz CT molecular complexity index is 919. The first-order chi connectivity index (χ1) is 13.2. The zero-order valence-electron chi connectivity index (χ0n) is 15.8. The highest BCUT2D eigenvalue weighted by Gasteiger charge is 2.22. The molecule has 1 atom stereocenters. The first-order valence-electron chi connectivity index (χ1n) is 9.70. The standard InChI is InChI=1S/C21H24ClN5/c1-3-17-13(2)23-21(25-17)27-20-15-10-5-4-6-12-18(15)24-19(26-20)14-9-7-8-11-16(14)22/h7-9,11,17H,3-6,10,12H2,1-2H3,(H,24,25,26,27). The first-order valence-corrected chi connectivity index (χ1v) is 10.1. The zero-order chi connectivity index (χ0) is 18.8. The Labute approximate surface area is 165 Å². The van der Waals surface area contributed by atoms with Crippen LogP contribution in [0.4, 0.5) is 5.82 Å². The van der Waals surface area contributed by atoms with E-state index >= 15 is 0 Å². The highest BCUT2D eigenvalue weighted by molar-refractivity contribution is 6.33. The average Bonchev–Trinajstić information content (AvgIpc) is 2.86. The number of aliphatic imine (C=N–C) groups is 2. The van der Waals surface area contributed by atoms with Crippen molar-refractivity contribution in [2.24, 2.45) is 9.98 Å². The second-order valence-corrected chi connectivity index (χ2v) is 7.52. The minimum absolute atomic E-state index is 0.163. The second kappa shape index (κ2) is 7.77. The van der Waals surface area contributed by atoms with Crippen LogP contribution in [0, 0.1) is 0 Å². The molecule has 27 heavy (non-hydrogen) atoms. The molecule has 140 valence electrons. The lowest BCUT2D eigenvalue weighted by Gasteiger charge is -2.14. The van der Waals surface area contributed by atoms with Crippen molar-refractivity contribution in [1.82, 2.24) is 9.97 Å². The second-order valence-electron chi connectivity index (χ2n) is 7.12. The van der Waals surface area contributed by atoms with Crippen LogP contribution in [0.5, 0.6) is 0 Å². The molecule has 1 aliphatic heterocycles. The van der Waals surface area contributed by atoms with Crippen molar-refractivity contribution in [2.45, 2.75) is 58.4 Å². The van der Waals surface area contributed by atoms with Crippen LogP contribution in [0.3, 0.4) is 0 Å². The third kappa shape index (κ3) is 3.74. The van der Waals surface area contributed by atoms with Crippen LogP contribution in [0.15, 0.2) is 34.3 Å². The summed E-state index contributed by atoms with van der Waals surface area (Å²) in [6.45, 7) is 4.16. The van der Waals surface area contributed by atoms with Gasteiger partial charge in [0.15, 0.2) is 5.82 Å².